The highest BCUT2D eigenvalue weighted by atomic mass is 35.5. The molecule has 8 heteroatoms. The number of aromatic nitrogens is 1. The Bertz CT molecular complexity index is 890. The molecule has 2 saturated heterocycles. The molecule has 4 rings (SSSR count). The van der Waals surface area contributed by atoms with Crippen molar-refractivity contribution in [2.75, 3.05) is 49.1 Å². The molecule has 0 atom stereocenters. The largest absolute Gasteiger partial charge is 0.368 e. The zero-order valence-corrected chi connectivity index (χ0v) is 16.7. The van der Waals surface area contributed by atoms with Crippen LogP contribution < -0.4 is 9.80 Å². The Hall–Kier alpha value is -1.83. The first-order valence-electron chi connectivity index (χ1n) is 9.26. The predicted molar refractivity (Wildman–Crippen MR) is 108 cm³/mol. The molecule has 0 amide bonds. The Balaban J connectivity index is 1.42. The van der Waals surface area contributed by atoms with Crippen LogP contribution in [-0.4, -0.2) is 57.0 Å². The standard InChI is InChI=1S/C19H23ClN4O2S/c20-16-4-3-5-17(14-16)22-10-12-23(13-11-22)19-7-6-18(15-21-19)27(25,26)24-8-1-2-9-24/h3-7,14-15H,1-2,8-13H2. The fraction of sp³-hybridized carbons (Fsp3) is 0.421. The van der Waals surface area contributed by atoms with Gasteiger partial charge in [0.15, 0.2) is 0 Å². The van der Waals surface area contributed by atoms with E-state index in [2.05, 4.69) is 20.9 Å². The summed E-state index contributed by atoms with van der Waals surface area (Å²) in [6, 6.07) is 11.4. The lowest BCUT2D eigenvalue weighted by atomic mass is 10.2. The molecule has 1 aromatic heterocycles. The van der Waals surface area contributed by atoms with Gasteiger partial charge in [-0.25, -0.2) is 13.4 Å². The Morgan fingerprint density at radius 3 is 2.22 bits per heavy atom. The van der Waals surface area contributed by atoms with E-state index in [9.17, 15) is 8.42 Å². The highest BCUT2D eigenvalue weighted by Gasteiger charge is 2.27. The van der Waals surface area contributed by atoms with Crippen molar-refractivity contribution in [3.05, 3.63) is 47.6 Å². The van der Waals surface area contributed by atoms with Gasteiger partial charge in [-0.3, -0.25) is 0 Å². The summed E-state index contributed by atoms with van der Waals surface area (Å²) in [5.74, 6) is 0.820. The molecular formula is C19H23ClN4O2S. The average molecular weight is 407 g/mol. The van der Waals surface area contributed by atoms with E-state index in [1.807, 2.05) is 24.3 Å². The van der Waals surface area contributed by atoms with Gasteiger partial charge in [0.25, 0.3) is 0 Å². The summed E-state index contributed by atoms with van der Waals surface area (Å²) in [5.41, 5.74) is 1.13. The van der Waals surface area contributed by atoms with Crippen LogP contribution in [0.25, 0.3) is 0 Å². The van der Waals surface area contributed by atoms with Gasteiger partial charge in [-0.2, -0.15) is 4.31 Å². The molecule has 2 aliphatic rings. The first-order chi connectivity index (χ1) is 13.0. The summed E-state index contributed by atoms with van der Waals surface area (Å²) in [6.07, 6.45) is 3.36. The molecule has 0 saturated carbocycles. The third kappa shape index (κ3) is 3.90. The van der Waals surface area contributed by atoms with E-state index in [0.717, 1.165) is 55.5 Å². The van der Waals surface area contributed by atoms with Crippen molar-refractivity contribution in [3.8, 4) is 0 Å². The molecule has 0 spiro atoms. The molecule has 6 nitrogen and oxygen atoms in total. The molecule has 2 aliphatic heterocycles. The SMILES string of the molecule is O=S(=O)(c1ccc(N2CCN(c3cccc(Cl)c3)CC2)nc1)N1CCCC1. The second-order valence-electron chi connectivity index (χ2n) is 6.92. The fourth-order valence-electron chi connectivity index (χ4n) is 3.66. The summed E-state index contributed by atoms with van der Waals surface area (Å²) < 4.78 is 26.8. The van der Waals surface area contributed by atoms with Crippen LogP contribution in [0.4, 0.5) is 11.5 Å². The number of halogens is 1. The molecule has 0 N–H and O–H groups in total. The first-order valence-corrected chi connectivity index (χ1v) is 11.1. The van der Waals surface area contributed by atoms with Crippen LogP contribution in [0, 0.1) is 0 Å². The lowest BCUT2D eigenvalue weighted by Gasteiger charge is -2.36. The number of pyridine rings is 1. The highest BCUT2D eigenvalue weighted by molar-refractivity contribution is 7.89. The van der Waals surface area contributed by atoms with Crippen molar-refractivity contribution in [1.29, 1.82) is 0 Å². The van der Waals surface area contributed by atoms with Crippen LogP contribution >= 0.6 is 11.6 Å². The zero-order chi connectivity index (χ0) is 18.9. The molecule has 27 heavy (non-hydrogen) atoms. The van der Waals surface area contributed by atoms with E-state index in [4.69, 9.17) is 11.6 Å². The van der Waals surface area contributed by atoms with Crippen LogP contribution in [0.5, 0.6) is 0 Å². The van der Waals surface area contributed by atoms with E-state index in [1.165, 1.54) is 6.20 Å². The van der Waals surface area contributed by atoms with E-state index in [0.29, 0.717) is 13.1 Å². The molecular weight excluding hydrogens is 384 g/mol. The minimum Gasteiger partial charge on any atom is -0.368 e. The number of hydrogen-bond donors (Lipinski definition) is 0. The lowest BCUT2D eigenvalue weighted by molar-refractivity contribution is 0.477. The Kier molecular flexibility index (Phi) is 5.25. The average Bonchev–Trinajstić information content (AvgIpc) is 3.24. The van der Waals surface area contributed by atoms with Crippen molar-refractivity contribution >= 4 is 33.1 Å². The summed E-state index contributed by atoms with van der Waals surface area (Å²) in [6.45, 7) is 4.62. The molecule has 144 valence electrons. The van der Waals surface area contributed by atoms with Crippen LogP contribution in [-0.2, 0) is 10.0 Å². The van der Waals surface area contributed by atoms with Gasteiger partial charge >= 0.3 is 0 Å². The van der Waals surface area contributed by atoms with E-state index in [-0.39, 0.29) is 4.90 Å². The molecule has 0 radical (unpaired) electrons. The third-order valence-corrected chi connectivity index (χ3v) is 7.32. The van der Waals surface area contributed by atoms with Crippen LogP contribution in [0.2, 0.25) is 5.02 Å². The number of piperazine rings is 1. The molecule has 0 unspecified atom stereocenters. The van der Waals surface area contributed by atoms with Crippen molar-refractivity contribution in [1.82, 2.24) is 9.29 Å². The third-order valence-electron chi connectivity index (χ3n) is 5.20. The van der Waals surface area contributed by atoms with Gasteiger partial charge in [0.2, 0.25) is 10.0 Å². The Morgan fingerprint density at radius 1 is 0.889 bits per heavy atom. The maximum absolute atomic E-state index is 12.6. The minimum absolute atomic E-state index is 0.283. The van der Waals surface area contributed by atoms with Gasteiger partial charge in [-0.05, 0) is 43.2 Å². The second-order valence-corrected chi connectivity index (χ2v) is 9.29. The van der Waals surface area contributed by atoms with Gasteiger partial charge in [0.1, 0.15) is 10.7 Å². The van der Waals surface area contributed by atoms with Gasteiger partial charge < -0.3 is 9.80 Å². The topological polar surface area (TPSA) is 56.8 Å². The zero-order valence-electron chi connectivity index (χ0n) is 15.1. The maximum Gasteiger partial charge on any atom is 0.244 e. The van der Waals surface area contributed by atoms with Crippen LogP contribution in [0.1, 0.15) is 12.8 Å². The number of rotatable bonds is 4. The van der Waals surface area contributed by atoms with E-state index >= 15 is 0 Å². The minimum atomic E-state index is -3.40. The first kappa shape index (κ1) is 18.5. The summed E-state index contributed by atoms with van der Waals surface area (Å²) in [4.78, 5) is 9.20. The molecule has 1 aromatic carbocycles. The summed E-state index contributed by atoms with van der Waals surface area (Å²) in [5, 5.41) is 0.742. The predicted octanol–water partition coefficient (Wildman–Crippen LogP) is 2.85. The van der Waals surface area contributed by atoms with Crippen LogP contribution in [0.3, 0.4) is 0 Å². The Labute approximate surface area is 165 Å². The smallest absolute Gasteiger partial charge is 0.244 e. The number of anilines is 2. The lowest BCUT2D eigenvalue weighted by Crippen LogP contribution is -2.46. The van der Waals surface area contributed by atoms with E-state index < -0.39 is 10.0 Å². The molecule has 3 heterocycles. The maximum atomic E-state index is 12.6. The molecule has 2 fully saturated rings. The number of benzene rings is 1. The van der Waals surface area contributed by atoms with Crippen molar-refractivity contribution < 1.29 is 8.42 Å². The van der Waals surface area contributed by atoms with Gasteiger partial charge in [0.05, 0.1) is 0 Å². The molecule has 0 bridgehead atoms. The van der Waals surface area contributed by atoms with Crippen molar-refractivity contribution in [2.45, 2.75) is 17.7 Å². The quantitative estimate of drug-likeness (QED) is 0.781. The monoisotopic (exact) mass is 406 g/mol. The second kappa shape index (κ2) is 7.66. The van der Waals surface area contributed by atoms with E-state index in [1.54, 1.807) is 10.4 Å². The Morgan fingerprint density at radius 2 is 1.59 bits per heavy atom. The summed E-state index contributed by atoms with van der Waals surface area (Å²) in [7, 11) is -3.40. The number of sulfonamides is 1. The van der Waals surface area contributed by atoms with Crippen LogP contribution in [0.15, 0.2) is 47.5 Å². The fourth-order valence-corrected chi connectivity index (χ4v) is 5.30. The number of nitrogens with zero attached hydrogens (tertiary/aromatic N) is 4. The normalized spacial score (nSPS) is 18.9. The molecule has 0 aliphatic carbocycles. The highest BCUT2D eigenvalue weighted by Crippen LogP contribution is 2.24. The van der Waals surface area contributed by atoms with Gasteiger partial charge in [-0.15, -0.1) is 0 Å². The number of hydrogen-bond acceptors (Lipinski definition) is 5. The summed E-state index contributed by atoms with van der Waals surface area (Å²) >= 11 is 6.09. The van der Waals surface area contributed by atoms with Crippen molar-refractivity contribution in [3.63, 3.8) is 0 Å². The molecule has 2 aromatic rings. The van der Waals surface area contributed by atoms with Crippen molar-refractivity contribution in [2.24, 2.45) is 0 Å². The van der Waals surface area contributed by atoms with Gasteiger partial charge in [-0.1, -0.05) is 17.7 Å². The van der Waals surface area contributed by atoms with Gasteiger partial charge in [0, 0.05) is 56.2 Å².